The Hall–Kier alpha value is -1.22. The van der Waals surface area contributed by atoms with E-state index in [4.69, 9.17) is 5.73 Å². The summed E-state index contributed by atoms with van der Waals surface area (Å²) in [4.78, 5) is 0. The van der Waals surface area contributed by atoms with Gasteiger partial charge in [-0.1, -0.05) is 12.8 Å². The first-order valence-corrected chi connectivity index (χ1v) is 5.35. The summed E-state index contributed by atoms with van der Waals surface area (Å²) in [5.74, 6) is 0.236. The van der Waals surface area contributed by atoms with Gasteiger partial charge in [0.25, 0.3) is 0 Å². The lowest BCUT2D eigenvalue weighted by Crippen LogP contribution is -2.33. The Balaban J connectivity index is 2.48. The molecule has 0 unspecified atom stereocenters. The van der Waals surface area contributed by atoms with Crippen molar-refractivity contribution in [1.82, 2.24) is 0 Å². The number of rotatable bonds is 1. The van der Waals surface area contributed by atoms with E-state index in [9.17, 15) is 10.2 Å². The zero-order chi connectivity index (χ0) is 11.1. The quantitative estimate of drug-likeness (QED) is 0.661. The molecule has 1 aromatic rings. The molecule has 3 nitrogen and oxygen atoms in total. The lowest BCUT2D eigenvalue weighted by Gasteiger charge is -2.25. The number of benzene rings is 1. The maximum Gasteiger partial charge on any atom is 0.124 e. The minimum atomic E-state index is -0.400. The van der Waals surface area contributed by atoms with Gasteiger partial charge in [0.2, 0.25) is 0 Å². The van der Waals surface area contributed by atoms with Crippen LogP contribution in [0.1, 0.15) is 36.8 Å². The highest BCUT2D eigenvalue weighted by molar-refractivity contribution is 5.47. The lowest BCUT2D eigenvalue weighted by molar-refractivity contribution is 0.401. The molecule has 0 aliphatic heterocycles. The Kier molecular flexibility index (Phi) is 2.35. The number of hydrogen-bond donors (Lipinski definition) is 3. The van der Waals surface area contributed by atoms with E-state index in [-0.39, 0.29) is 11.5 Å². The molecule has 1 fully saturated rings. The van der Waals surface area contributed by atoms with E-state index in [0.717, 1.165) is 36.8 Å². The van der Waals surface area contributed by atoms with Gasteiger partial charge in [0.05, 0.1) is 0 Å². The van der Waals surface area contributed by atoms with Crippen LogP contribution in [0.15, 0.2) is 12.1 Å². The van der Waals surface area contributed by atoms with E-state index in [2.05, 4.69) is 0 Å². The average molecular weight is 207 g/mol. The molecule has 1 aromatic carbocycles. The van der Waals surface area contributed by atoms with Crippen LogP contribution < -0.4 is 5.73 Å². The molecule has 0 aromatic heterocycles. The lowest BCUT2D eigenvalue weighted by atomic mass is 9.87. The van der Waals surface area contributed by atoms with Crippen LogP contribution in [0, 0.1) is 6.92 Å². The topological polar surface area (TPSA) is 66.5 Å². The van der Waals surface area contributed by atoms with E-state index >= 15 is 0 Å². The molecule has 82 valence electrons. The van der Waals surface area contributed by atoms with E-state index in [1.54, 1.807) is 6.07 Å². The zero-order valence-corrected chi connectivity index (χ0v) is 8.95. The second-order valence-electron chi connectivity index (χ2n) is 4.52. The van der Waals surface area contributed by atoms with E-state index in [1.165, 1.54) is 6.07 Å². The van der Waals surface area contributed by atoms with E-state index in [1.807, 2.05) is 6.92 Å². The smallest absolute Gasteiger partial charge is 0.124 e. The number of nitrogens with two attached hydrogens (primary N) is 1. The third-order valence-corrected chi connectivity index (χ3v) is 3.35. The SMILES string of the molecule is Cc1cc(C2(N)CCCC2)c(O)cc1O. The maximum absolute atomic E-state index is 9.80. The normalized spacial score (nSPS) is 19.3. The van der Waals surface area contributed by atoms with Crippen molar-refractivity contribution in [2.24, 2.45) is 5.73 Å². The first-order valence-electron chi connectivity index (χ1n) is 5.35. The molecule has 1 aliphatic rings. The van der Waals surface area contributed by atoms with Crippen LogP contribution in [0.25, 0.3) is 0 Å². The van der Waals surface area contributed by atoms with Gasteiger partial charge in [-0.3, -0.25) is 0 Å². The van der Waals surface area contributed by atoms with Crippen LogP contribution in [0.2, 0.25) is 0 Å². The minimum Gasteiger partial charge on any atom is -0.508 e. The Morgan fingerprint density at radius 1 is 1.13 bits per heavy atom. The van der Waals surface area contributed by atoms with Gasteiger partial charge in [-0.05, 0) is 31.4 Å². The van der Waals surface area contributed by atoms with Gasteiger partial charge in [0.15, 0.2) is 0 Å². The molecule has 0 atom stereocenters. The summed E-state index contributed by atoms with van der Waals surface area (Å²) in [6.07, 6.45) is 4.03. The summed E-state index contributed by atoms with van der Waals surface area (Å²) >= 11 is 0. The van der Waals surface area contributed by atoms with Crippen molar-refractivity contribution in [3.63, 3.8) is 0 Å². The predicted molar refractivity (Wildman–Crippen MR) is 58.8 cm³/mol. The number of phenols is 2. The third-order valence-electron chi connectivity index (χ3n) is 3.35. The highest BCUT2D eigenvalue weighted by atomic mass is 16.3. The summed E-state index contributed by atoms with van der Waals surface area (Å²) in [5, 5.41) is 19.3. The summed E-state index contributed by atoms with van der Waals surface area (Å²) in [6.45, 7) is 1.82. The molecule has 1 aliphatic carbocycles. The molecular formula is C12H17NO2. The van der Waals surface area contributed by atoms with Crippen molar-refractivity contribution in [2.75, 3.05) is 0 Å². The molecule has 0 bridgehead atoms. The highest BCUT2D eigenvalue weighted by Gasteiger charge is 2.33. The van der Waals surface area contributed by atoms with E-state index in [0.29, 0.717) is 0 Å². The van der Waals surface area contributed by atoms with Gasteiger partial charge in [-0.25, -0.2) is 0 Å². The molecule has 0 saturated heterocycles. The molecule has 0 amide bonds. The minimum absolute atomic E-state index is 0.113. The molecule has 15 heavy (non-hydrogen) atoms. The van der Waals surface area contributed by atoms with Gasteiger partial charge < -0.3 is 15.9 Å². The van der Waals surface area contributed by atoms with Gasteiger partial charge in [0.1, 0.15) is 11.5 Å². The summed E-state index contributed by atoms with van der Waals surface area (Å²) < 4.78 is 0. The van der Waals surface area contributed by atoms with Crippen LogP contribution in [0.3, 0.4) is 0 Å². The molecule has 2 rings (SSSR count). The maximum atomic E-state index is 9.80. The van der Waals surface area contributed by atoms with Crippen LogP contribution >= 0.6 is 0 Å². The van der Waals surface area contributed by atoms with E-state index < -0.39 is 5.54 Å². The van der Waals surface area contributed by atoms with Crippen molar-refractivity contribution >= 4 is 0 Å². The number of phenolic OH excluding ortho intramolecular Hbond substituents is 2. The van der Waals surface area contributed by atoms with Crippen LogP contribution in [0.5, 0.6) is 11.5 Å². The van der Waals surface area contributed by atoms with Crippen LogP contribution in [0.4, 0.5) is 0 Å². The fourth-order valence-electron chi connectivity index (χ4n) is 2.36. The predicted octanol–water partition coefficient (Wildman–Crippen LogP) is 2.13. The summed E-state index contributed by atoms with van der Waals surface area (Å²) in [6, 6.07) is 3.19. The van der Waals surface area contributed by atoms with Gasteiger partial charge in [-0.2, -0.15) is 0 Å². The Labute approximate surface area is 89.5 Å². The van der Waals surface area contributed by atoms with Gasteiger partial charge in [0, 0.05) is 17.2 Å². The van der Waals surface area contributed by atoms with Crippen molar-refractivity contribution in [1.29, 1.82) is 0 Å². The van der Waals surface area contributed by atoms with Gasteiger partial charge in [-0.15, -0.1) is 0 Å². The first-order chi connectivity index (χ1) is 7.03. The largest absolute Gasteiger partial charge is 0.508 e. The van der Waals surface area contributed by atoms with Crippen molar-refractivity contribution < 1.29 is 10.2 Å². The molecule has 0 spiro atoms. The fraction of sp³-hybridized carbons (Fsp3) is 0.500. The molecule has 4 N–H and O–H groups in total. The highest BCUT2D eigenvalue weighted by Crippen LogP contribution is 2.42. The number of hydrogen-bond acceptors (Lipinski definition) is 3. The van der Waals surface area contributed by atoms with Crippen LogP contribution in [-0.4, -0.2) is 10.2 Å². The molecule has 1 saturated carbocycles. The monoisotopic (exact) mass is 207 g/mol. The summed E-state index contributed by atoms with van der Waals surface area (Å²) in [7, 11) is 0. The summed E-state index contributed by atoms with van der Waals surface area (Å²) in [5.41, 5.74) is 7.40. The first kappa shape index (κ1) is 10.3. The second-order valence-corrected chi connectivity index (χ2v) is 4.52. The number of aryl methyl sites for hydroxylation is 1. The van der Waals surface area contributed by atoms with Gasteiger partial charge >= 0.3 is 0 Å². The second kappa shape index (κ2) is 3.42. The fourth-order valence-corrected chi connectivity index (χ4v) is 2.36. The molecular weight excluding hydrogens is 190 g/mol. The van der Waals surface area contributed by atoms with Crippen molar-refractivity contribution in [3.05, 3.63) is 23.3 Å². The van der Waals surface area contributed by atoms with Crippen molar-refractivity contribution in [3.8, 4) is 11.5 Å². The molecule has 0 radical (unpaired) electrons. The molecule has 0 heterocycles. The standard InChI is InChI=1S/C12H17NO2/c1-8-6-9(11(15)7-10(8)14)12(13)4-2-3-5-12/h6-7,14-15H,2-5,13H2,1H3. The zero-order valence-electron chi connectivity index (χ0n) is 8.95. The Morgan fingerprint density at radius 2 is 1.73 bits per heavy atom. The third kappa shape index (κ3) is 1.67. The van der Waals surface area contributed by atoms with Crippen LogP contribution in [-0.2, 0) is 5.54 Å². The average Bonchev–Trinajstić information content (AvgIpc) is 2.60. The molecule has 3 heteroatoms. The Bertz CT molecular complexity index is 381. The number of aromatic hydroxyl groups is 2. The van der Waals surface area contributed by atoms with Crippen molar-refractivity contribution in [2.45, 2.75) is 38.1 Å². The Morgan fingerprint density at radius 3 is 2.33 bits per heavy atom.